The van der Waals surface area contributed by atoms with E-state index in [0.29, 0.717) is 11.6 Å². The van der Waals surface area contributed by atoms with Gasteiger partial charge in [-0.05, 0) is 42.5 Å². The number of carbonyl (C=O) groups excluding carboxylic acids is 2. The Balaban J connectivity index is 1.65. The number of hydrogen-bond donors (Lipinski definition) is 0. The maximum absolute atomic E-state index is 13.3. The highest BCUT2D eigenvalue weighted by Gasteiger charge is 2.37. The van der Waals surface area contributed by atoms with Gasteiger partial charge in [-0.1, -0.05) is 21.9 Å². The van der Waals surface area contributed by atoms with Crippen LogP contribution in [0.1, 0.15) is 21.5 Å². The van der Waals surface area contributed by atoms with E-state index in [2.05, 4.69) is 27.8 Å². The van der Waals surface area contributed by atoms with Crippen molar-refractivity contribution >= 4 is 27.7 Å². The molecule has 0 bridgehead atoms. The van der Waals surface area contributed by atoms with E-state index in [0.717, 1.165) is 16.6 Å². The quantitative estimate of drug-likeness (QED) is 0.456. The van der Waals surface area contributed by atoms with Gasteiger partial charge in [0.05, 0.1) is 11.1 Å². The predicted octanol–water partition coefficient (Wildman–Crippen LogP) is 3.94. The molecule has 156 valence electrons. The Morgan fingerprint density at radius 1 is 0.933 bits per heavy atom. The predicted molar refractivity (Wildman–Crippen MR) is 105 cm³/mol. The lowest BCUT2D eigenvalue weighted by Gasteiger charge is -2.34. The fourth-order valence-corrected chi connectivity index (χ4v) is 3.22. The van der Waals surface area contributed by atoms with Gasteiger partial charge in [0.15, 0.2) is 0 Å². The van der Waals surface area contributed by atoms with E-state index in [1.54, 1.807) is 24.3 Å². The smallest absolute Gasteiger partial charge is 0.335 e. The minimum Gasteiger partial charge on any atom is -0.335 e. The lowest BCUT2D eigenvalue weighted by molar-refractivity contribution is -0.138. The van der Waals surface area contributed by atoms with E-state index in [9.17, 15) is 27.2 Å². The fraction of sp³-hybridized carbons (Fsp3) is 0.238. The average molecular weight is 483 g/mol. The highest BCUT2D eigenvalue weighted by Crippen LogP contribution is 2.33. The maximum atomic E-state index is 13.3. The van der Waals surface area contributed by atoms with Crippen LogP contribution in [-0.2, 0) is 11.0 Å². The van der Waals surface area contributed by atoms with Crippen molar-refractivity contribution in [2.45, 2.75) is 6.18 Å². The van der Waals surface area contributed by atoms with Gasteiger partial charge in [0.2, 0.25) is 0 Å². The lowest BCUT2D eigenvalue weighted by Crippen LogP contribution is -2.50. The molecule has 2 aromatic carbocycles. The molecule has 1 saturated heterocycles. The number of halogens is 5. The first-order valence-electron chi connectivity index (χ1n) is 8.87. The standard InChI is InChI=1S/C21H15BrF4N2O2/c22-15-4-1-14(2-5-15)3-8-19(29)27-9-11-28(12-10-27)20(30)17-7-6-16(23)13-18(17)21(24,25)26/h1-2,4-7,13H,9-12H2. The second-order valence-electron chi connectivity index (χ2n) is 6.53. The molecule has 0 saturated carbocycles. The molecule has 0 atom stereocenters. The first-order chi connectivity index (χ1) is 14.1. The average Bonchev–Trinajstić information content (AvgIpc) is 2.72. The van der Waals surface area contributed by atoms with Gasteiger partial charge in [0.25, 0.3) is 11.8 Å². The van der Waals surface area contributed by atoms with Gasteiger partial charge in [0, 0.05) is 42.1 Å². The van der Waals surface area contributed by atoms with Gasteiger partial charge < -0.3 is 9.80 Å². The molecule has 1 heterocycles. The largest absolute Gasteiger partial charge is 0.417 e. The molecule has 4 nitrogen and oxygen atoms in total. The van der Waals surface area contributed by atoms with E-state index in [1.165, 1.54) is 9.80 Å². The van der Waals surface area contributed by atoms with E-state index >= 15 is 0 Å². The van der Waals surface area contributed by atoms with Crippen LogP contribution in [0.4, 0.5) is 17.6 Å². The van der Waals surface area contributed by atoms with Crippen molar-refractivity contribution in [3.05, 3.63) is 69.4 Å². The number of carbonyl (C=O) groups is 2. The topological polar surface area (TPSA) is 40.6 Å². The zero-order valence-electron chi connectivity index (χ0n) is 15.5. The van der Waals surface area contributed by atoms with E-state index < -0.39 is 34.9 Å². The first-order valence-corrected chi connectivity index (χ1v) is 9.67. The Kier molecular flexibility index (Phi) is 6.46. The number of alkyl halides is 3. The minimum absolute atomic E-state index is 0.0548. The van der Waals surface area contributed by atoms with Crippen molar-refractivity contribution in [1.82, 2.24) is 9.80 Å². The van der Waals surface area contributed by atoms with Gasteiger partial charge in [-0.2, -0.15) is 13.2 Å². The summed E-state index contributed by atoms with van der Waals surface area (Å²) in [4.78, 5) is 27.5. The van der Waals surface area contributed by atoms with Gasteiger partial charge >= 0.3 is 6.18 Å². The Morgan fingerprint density at radius 2 is 1.53 bits per heavy atom. The number of amides is 2. The number of piperazine rings is 1. The second-order valence-corrected chi connectivity index (χ2v) is 7.44. The van der Waals surface area contributed by atoms with E-state index in [-0.39, 0.29) is 26.2 Å². The van der Waals surface area contributed by atoms with Crippen LogP contribution in [0.2, 0.25) is 0 Å². The van der Waals surface area contributed by atoms with Crippen LogP contribution in [0.3, 0.4) is 0 Å². The Hall–Kier alpha value is -2.86. The monoisotopic (exact) mass is 482 g/mol. The molecule has 3 rings (SSSR count). The van der Waals surface area contributed by atoms with Crippen molar-refractivity contribution in [1.29, 1.82) is 0 Å². The third-order valence-corrected chi connectivity index (χ3v) is 5.06. The summed E-state index contributed by atoms with van der Waals surface area (Å²) in [6.07, 6.45) is -4.85. The van der Waals surface area contributed by atoms with E-state index in [1.807, 2.05) is 0 Å². The van der Waals surface area contributed by atoms with Crippen LogP contribution in [0.5, 0.6) is 0 Å². The second kappa shape index (κ2) is 8.88. The molecule has 2 aromatic rings. The van der Waals surface area contributed by atoms with Crippen molar-refractivity contribution in [3.63, 3.8) is 0 Å². The summed E-state index contributed by atoms with van der Waals surface area (Å²) in [6.45, 7) is 0.392. The molecule has 0 aromatic heterocycles. The molecule has 0 N–H and O–H groups in total. The number of nitrogens with zero attached hydrogens (tertiary/aromatic N) is 2. The molecule has 0 aliphatic carbocycles. The highest BCUT2D eigenvalue weighted by atomic mass is 79.9. The number of hydrogen-bond acceptors (Lipinski definition) is 2. The highest BCUT2D eigenvalue weighted by molar-refractivity contribution is 9.10. The molecule has 1 aliphatic heterocycles. The van der Waals surface area contributed by atoms with Gasteiger partial charge in [-0.25, -0.2) is 4.39 Å². The molecule has 0 radical (unpaired) electrons. The normalized spacial score (nSPS) is 14.2. The zero-order chi connectivity index (χ0) is 21.9. The maximum Gasteiger partial charge on any atom is 0.417 e. The van der Waals surface area contributed by atoms with Crippen LogP contribution in [0.15, 0.2) is 46.9 Å². The molecule has 1 aliphatic rings. The summed E-state index contributed by atoms with van der Waals surface area (Å²) in [6, 6.07) is 9.06. The van der Waals surface area contributed by atoms with Crippen LogP contribution in [0.25, 0.3) is 0 Å². The number of benzene rings is 2. The van der Waals surface area contributed by atoms with Crippen LogP contribution < -0.4 is 0 Å². The zero-order valence-corrected chi connectivity index (χ0v) is 17.1. The van der Waals surface area contributed by atoms with Gasteiger partial charge in [0.1, 0.15) is 5.82 Å². The molecule has 1 fully saturated rings. The van der Waals surface area contributed by atoms with Crippen molar-refractivity contribution < 1.29 is 27.2 Å². The summed E-state index contributed by atoms with van der Waals surface area (Å²) in [7, 11) is 0. The third-order valence-electron chi connectivity index (χ3n) is 4.53. The first kappa shape index (κ1) is 21.8. The molecular weight excluding hydrogens is 468 g/mol. The summed E-state index contributed by atoms with van der Waals surface area (Å²) < 4.78 is 53.6. The summed E-state index contributed by atoms with van der Waals surface area (Å²) in [5.74, 6) is 2.93. The molecule has 9 heteroatoms. The van der Waals surface area contributed by atoms with E-state index in [4.69, 9.17) is 0 Å². The fourth-order valence-electron chi connectivity index (χ4n) is 2.96. The molecule has 30 heavy (non-hydrogen) atoms. The van der Waals surface area contributed by atoms with Crippen LogP contribution >= 0.6 is 15.9 Å². The van der Waals surface area contributed by atoms with Gasteiger partial charge in [-0.3, -0.25) is 9.59 Å². The molecular formula is C21H15BrF4N2O2. The molecule has 2 amide bonds. The van der Waals surface area contributed by atoms with Crippen molar-refractivity contribution in [3.8, 4) is 11.8 Å². The number of rotatable bonds is 1. The summed E-state index contributed by atoms with van der Waals surface area (Å²) in [5, 5.41) is 0. The minimum atomic E-state index is -4.85. The molecule has 0 spiro atoms. The Morgan fingerprint density at radius 3 is 2.13 bits per heavy atom. The van der Waals surface area contributed by atoms with Crippen LogP contribution in [-0.4, -0.2) is 47.8 Å². The Bertz CT molecular complexity index is 1020. The van der Waals surface area contributed by atoms with Crippen LogP contribution in [0, 0.1) is 17.7 Å². The SMILES string of the molecule is O=C(C#Cc1ccc(Br)cc1)N1CCN(C(=O)c2ccc(F)cc2C(F)(F)F)CC1. The van der Waals surface area contributed by atoms with Crippen molar-refractivity contribution in [2.24, 2.45) is 0 Å². The van der Waals surface area contributed by atoms with Crippen molar-refractivity contribution in [2.75, 3.05) is 26.2 Å². The Labute approximate surface area is 178 Å². The molecule has 0 unspecified atom stereocenters. The lowest BCUT2D eigenvalue weighted by atomic mass is 10.0. The summed E-state index contributed by atoms with van der Waals surface area (Å²) in [5.41, 5.74) is -1.26. The summed E-state index contributed by atoms with van der Waals surface area (Å²) >= 11 is 3.30. The third kappa shape index (κ3) is 5.19. The van der Waals surface area contributed by atoms with Gasteiger partial charge in [-0.15, -0.1) is 0 Å².